The molecule has 0 aromatic rings. The molecule has 1 rings (SSSR count). The molecular formula is C10H17NO. The Hall–Kier alpha value is -0.520. The maximum absolute atomic E-state index is 9.96. The first kappa shape index (κ1) is 9.57. The first-order chi connectivity index (χ1) is 5.67. The molecule has 1 aliphatic rings. The lowest BCUT2D eigenvalue weighted by Crippen LogP contribution is -2.44. The van der Waals surface area contributed by atoms with E-state index in [2.05, 4.69) is 11.2 Å². The summed E-state index contributed by atoms with van der Waals surface area (Å²) < 4.78 is 0. The number of rotatable bonds is 2. The van der Waals surface area contributed by atoms with Gasteiger partial charge in [-0.25, -0.2) is 0 Å². The number of terminal acetylenes is 1. The maximum Gasteiger partial charge on any atom is 0.0768 e. The standard InChI is InChI=1S/C10H17NO/c1-3-6-10(2,12)9-5-4-7-11-8-9/h1,9,11-12H,4-8H2,2H3. The maximum atomic E-state index is 9.96. The molecule has 0 saturated carbocycles. The molecule has 0 bridgehead atoms. The van der Waals surface area contributed by atoms with Crippen LogP contribution in [0.4, 0.5) is 0 Å². The Bertz CT molecular complexity index is 175. The van der Waals surface area contributed by atoms with Gasteiger partial charge in [0.1, 0.15) is 0 Å². The van der Waals surface area contributed by atoms with Crippen LogP contribution in [0.2, 0.25) is 0 Å². The fraction of sp³-hybridized carbons (Fsp3) is 0.800. The average Bonchev–Trinajstić information content (AvgIpc) is 2.06. The van der Waals surface area contributed by atoms with E-state index in [1.54, 1.807) is 0 Å². The minimum absolute atomic E-state index is 0.322. The van der Waals surface area contributed by atoms with Gasteiger partial charge in [0.25, 0.3) is 0 Å². The van der Waals surface area contributed by atoms with Crippen LogP contribution in [0.15, 0.2) is 0 Å². The summed E-state index contributed by atoms with van der Waals surface area (Å²) in [6.07, 6.45) is 7.88. The van der Waals surface area contributed by atoms with Crippen molar-refractivity contribution in [1.82, 2.24) is 5.32 Å². The first-order valence-electron chi connectivity index (χ1n) is 4.53. The van der Waals surface area contributed by atoms with Crippen LogP contribution in [0.25, 0.3) is 0 Å². The van der Waals surface area contributed by atoms with Gasteiger partial charge in [0.05, 0.1) is 5.60 Å². The highest BCUT2D eigenvalue weighted by Crippen LogP contribution is 2.26. The van der Waals surface area contributed by atoms with E-state index in [0.717, 1.165) is 25.9 Å². The summed E-state index contributed by atoms with van der Waals surface area (Å²) in [5.41, 5.74) is -0.678. The first-order valence-corrected chi connectivity index (χ1v) is 4.53. The third-order valence-electron chi connectivity index (χ3n) is 2.64. The zero-order valence-electron chi connectivity index (χ0n) is 7.64. The molecule has 1 fully saturated rings. The number of hydrogen-bond acceptors (Lipinski definition) is 2. The smallest absolute Gasteiger partial charge is 0.0768 e. The summed E-state index contributed by atoms with van der Waals surface area (Å²) in [6.45, 7) is 3.81. The molecule has 1 heterocycles. The minimum atomic E-state index is -0.678. The number of piperidine rings is 1. The minimum Gasteiger partial charge on any atom is -0.389 e. The van der Waals surface area contributed by atoms with E-state index in [0.29, 0.717) is 12.3 Å². The van der Waals surface area contributed by atoms with Gasteiger partial charge in [-0.3, -0.25) is 0 Å². The van der Waals surface area contributed by atoms with Crippen LogP contribution in [0.5, 0.6) is 0 Å². The lowest BCUT2D eigenvalue weighted by Gasteiger charge is -2.34. The van der Waals surface area contributed by atoms with Crippen LogP contribution in [0, 0.1) is 18.3 Å². The van der Waals surface area contributed by atoms with Gasteiger partial charge in [-0.1, -0.05) is 0 Å². The molecule has 12 heavy (non-hydrogen) atoms. The Balaban J connectivity index is 2.48. The largest absolute Gasteiger partial charge is 0.389 e. The van der Waals surface area contributed by atoms with E-state index < -0.39 is 5.60 Å². The Labute approximate surface area is 74.4 Å². The number of aliphatic hydroxyl groups is 1. The highest BCUT2D eigenvalue weighted by Gasteiger charge is 2.31. The van der Waals surface area contributed by atoms with Crippen molar-refractivity contribution >= 4 is 0 Å². The summed E-state index contributed by atoms with van der Waals surface area (Å²) in [4.78, 5) is 0. The van der Waals surface area contributed by atoms with Gasteiger partial charge in [-0.15, -0.1) is 12.3 Å². The number of nitrogens with one attached hydrogen (secondary N) is 1. The molecule has 0 aromatic heterocycles. The zero-order chi connectivity index (χ0) is 9.03. The molecule has 0 aliphatic carbocycles. The van der Waals surface area contributed by atoms with Gasteiger partial charge in [-0.05, 0) is 26.3 Å². The second-order valence-electron chi connectivity index (χ2n) is 3.78. The van der Waals surface area contributed by atoms with Crippen molar-refractivity contribution in [1.29, 1.82) is 0 Å². The Morgan fingerprint density at radius 2 is 2.50 bits per heavy atom. The van der Waals surface area contributed by atoms with Crippen LogP contribution in [-0.2, 0) is 0 Å². The predicted octanol–water partition coefficient (Wildman–Crippen LogP) is 0.760. The molecule has 1 aliphatic heterocycles. The molecule has 0 aromatic carbocycles. The molecule has 1 saturated heterocycles. The fourth-order valence-corrected chi connectivity index (χ4v) is 1.73. The summed E-state index contributed by atoms with van der Waals surface area (Å²) in [5, 5.41) is 13.2. The topological polar surface area (TPSA) is 32.3 Å². The lowest BCUT2D eigenvalue weighted by molar-refractivity contribution is -0.00595. The normalized spacial score (nSPS) is 28.9. The van der Waals surface area contributed by atoms with Crippen LogP contribution >= 0.6 is 0 Å². The van der Waals surface area contributed by atoms with Crippen molar-refractivity contribution in [3.63, 3.8) is 0 Å². The second kappa shape index (κ2) is 3.93. The van der Waals surface area contributed by atoms with Crippen LogP contribution in [0.1, 0.15) is 26.2 Å². The number of hydrogen-bond donors (Lipinski definition) is 2. The fourth-order valence-electron chi connectivity index (χ4n) is 1.73. The van der Waals surface area contributed by atoms with E-state index >= 15 is 0 Å². The van der Waals surface area contributed by atoms with Crippen molar-refractivity contribution in [2.45, 2.75) is 31.8 Å². The van der Waals surface area contributed by atoms with Gasteiger partial charge >= 0.3 is 0 Å². The molecule has 2 heteroatoms. The van der Waals surface area contributed by atoms with E-state index in [-0.39, 0.29) is 0 Å². The molecule has 2 atom stereocenters. The molecule has 0 spiro atoms. The van der Waals surface area contributed by atoms with Crippen molar-refractivity contribution in [3.05, 3.63) is 0 Å². The van der Waals surface area contributed by atoms with Crippen molar-refractivity contribution in [3.8, 4) is 12.3 Å². The van der Waals surface area contributed by atoms with E-state index in [1.165, 1.54) is 0 Å². The molecule has 2 unspecified atom stereocenters. The second-order valence-corrected chi connectivity index (χ2v) is 3.78. The van der Waals surface area contributed by atoms with Crippen LogP contribution in [0.3, 0.4) is 0 Å². The van der Waals surface area contributed by atoms with Crippen LogP contribution < -0.4 is 5.32 Å². The van der Waals surface area contributed by atoms with E-state index in [4.69, 9.17) is 6.42 Å². The van der Waals surface area contributed by atoms with E-state index in [1.807, 2.05) is 6.92 Å². The van der Waals surface area contributed by atoms with Gasteiger partial charge in [0, 0.05) is 18.9 Å². The monoisotopic (exact) mass is 167 g/mol. The molecule has 0 radical (unpaired) electrons. The Morgan fingerprint density at radius 3 is 3.00 bits per heavy atom. The molecule has 68 valence electrons. The Kier molecular flexibility index (Phi) is 3.13. The molecule has 2 nitrogen and oxygen atoms in total. The highest BCUT2D eigenvalue weighted by molar-refractivity contribution is 4.97. The quantitative estimate of drug-likeness (QED) is 0.595. The van der Waals surface area contributed by atoms with Gasteiger partial charge < -0.3 is 10.4 Å². The molecule has 0 amide bonds. The SMILES string of the molecule is C#CCC(C)(O)C1CCCNC1. The Morgan fingerprint density at radius 1 is 1.75 bits per heavy atom. The van der Waals surface area contributed by atoms with Crippen LogP contribution in [-0.4, -0.2) is 23.8 Å². The van der Waals surface area contributed by atoms with Crippen molar-refractivity contribution in [2.75, 3.05) is 13.1 Å². The summed E-state index contributed by atoms with van der Waals surface area (Å²) in [7, 11) is 0. The summed E-state index contributed by atoms with van der Waals surface area (Å²) in [5.74, 6) is 2.85. The molecule has 2 N–H and O–H groups in total. The summed E-state index contributed by atoms with van der Waals surface area (Å²) in [6, 6.07) is 0. The zero-order valence-corrected chi connectivity index (χ0v) is 7.64. The predicted molar refractivity (Wildman–Crippen MR) is 49.7 cm³/mol. The average molecular weight is 167 g/mol. The van der Waals surface area contributed by atoms with Crippen molar-refractivity contribution in [2.24, 2.45) is 5.92 Å². The van der Waals surface area contributed by atoms with E-state index in [9.17, 15) is 5.11 Å². The molecular weight excluding hydrogens is 150 g/mol. The van der Waals surface area contributed by atoms with Crippen molar-refractivity contribution < 1.29 is 5.11 Å². The highest BCUT2D eigenvalue weighted by atomic mass is 16.3. The summed E-state index contributed by atoms with van der Waals surface area (Å²) >= 11 is 0. The van der Waals surface area contributed by atoms with Gasteiger partial charge in [0.2, 0.25) is 0 Å². The third kappa shape index (κ3) is 2.23. The van der Waals surface area contributed by atoms with Gasteiger partial charge in [-0.2, -0.15) is 0 Å². The third-order valence-corrected chi connectivity index (χ3v) is 2.64. The lowest BCUT2D eigenvalue weighted by atomic mass is 9.81. The van der Waals surface area contributed by atoms with Gasteiger partial charge in [0.15, 0.2) is 0 Å².